The highest BCUT2D eigenvalue weighted by Crippen LogP contribution is 2.23. The van der Waals surface area contributed by atoms with Crippen LogP contribution in [0.3, 0.4) is 0 Å². The third-order valence-corrected chi connectivity index (χ3v) is 6.80. The number of aliphatic imine (C=N–C) groups is 2. The van der Waals surface area contributed by atoms with Gasteiger partial charge in [-0.2, -0.15) is 0 Å². The second kappa shape index (κ2) is 21.2. The molecule has 0 aliphatic rings. The highest BCUT2D eigenvalue weighted by Gasteiger charge is 2.05. The number of hydrogen-bond acceptors (Lipinski definition) is 2. The topological polar surface area (TPSA) is 24.7 Å². The molecule has 0 spiro atoms. The van der Waals surface area contributed by atoms with Gasteiger partial charge in [-0.1, -0.05) is 114 Å². The molecule has 2 heteroatoms. The zero-order chi connectivity index (χ0) is 27.1. The number of para-hydroxylation sites is 2. The van der Waals surface area contributed by atoms with Crippen LogP contribution in [0.1, 0.15) is 115 Å². The third-order valence-electron chi connectivity index (χ3n) is 6.80. The fourth-order valence-corrected chi connectivity index (χ4v) is 4.42. The van der Waals surface area contributed by atoms with E-state index in [1.165, 1.54) is 49.7 Å². The number of nitrogens with zero attached hydrogens (tertiary/aromatic N) is 2. The lowest BCUT2D eigenvalue weighted by molar-refractivity contribution is 0.802. The molecule has 0 saturated heterocycles. The Kier molecular flexibility index (Phi) is 17.6. The predicted octanol–water partition coefficient (Wildman–Crippen LogP) is 11.5. The average Bonchev–Trinajstić information content (AvgIpc) is 2.94. The van der Waals surface area contributed by atoms with Crippen LogP contribution in [0.2, 0.25) is 0 Å². The Morgan fingerprint density at radius 2 is 1.05 bits per heavy atom. The van der Waals surface area contributed by atoms with Gasteiger partial charge in [0.05, 0.1) is 17.1 Å². The molecule has 0 saturated carbocycles. The van der Waals surface area contributed by atoms with Gasteiger partial charge >= 0.3 is 0 Å². The van der Waals surface area contributed by atoms with Gasteiger partial charge in [-0.05, 0) is 87.5 Å². The minimum absolute atomic E-state index is 0.958. The lowest BCUT2D eigenvalue weighted by atomic mass is 10.1. The second-order valence-corrected chi connectivity index (χ2v) is 10.2. The van der Waals surface area contributed by atoms with Crippen molar-refractivity contribution in [3.05, 3.63) is 84.0 Å². The van der Waals surface area contributed by atoms with E-state index >= 15 is 0 Å². The highest BCUT2D eigenvalue weighted by molar-refractivity contribution is 6.31. The minimum atomic E-state index is 0.958. The first-order chi connectivity index (χ1) is 18.8. The van der Waals surface area contributed by atoms with Crippen LogP contribution in [-0.4, -0.2) is 11.9 Å². The van der Waals surface area contributed by atoms with E-state index in [4.69, 9.17) is 9.98 Å². The number of allylic oxidation sites excluding steroid dienone is 4. The minimum Gasteiger partial charge on any atom is -0.255 e. The van der Waals surface area contributed by atoms with Crippen molar-refractivity contribution in [2.24, 2.45) is 9.98 Å². The van der Waals surface area contributed by atoms with Gasteiger partial charge < -0.3 is 0 Å². The van der Waals surface area contributed by atoms with E-state index in [9.17, 15) is 0 Å². The number of rotatable bonds is 20. The average molecular weight is 513 g/mol. The van der Waals surface area contributed by atoms with Gasteiger partial charge in [0.2, 0.25) is 0 Å². The Bertz CT molecular complexity index is 996. The summed E-state index contributed by atoms with van der Waals surface area (Å²) < 4.78 is 0. The van der Waals surface area contributed by atoms with Crippen molar-refractivity contribution >= 4 is 23.3 Å². The summed E-state index contributed by atoms with van der Waals surface area (Å²) in [6.45, 7) is 6.74. The molecular weight excluding hydrogens is 460 g/mol. The SMILES string of the molecule is CCCC/C=C/CCCc1ccccc1N=CC(CCCC)=Nc1ccccc1CCC/C=C/CCCC. The molecule has 0 aromatic heterocycles. The first-order valence-electron chi connectivity index (χ1n) is 15.4. The van der Waals surface area contributed by atoms with Crippen molar-refractivity contribution in [2.45, 2.75) is 117 Å². The van der Waals surface area contributed by atoms with E-state index in [1.807, 2.05) is 6.21 Å². The molecule has 0 aliphatic carbocycles. The Morgan fingerprint density at radius 3 is 1.61 bits per heavy atom. The summed E-state index contributed by atoms with van der Waals surface area (Å²) in [7, 11) is 0. The summed E-state index contributed by atoms with van der Waals surface area (Å²) >= 11 is 0. The van der Waals surface area contributed by atoms with Gasteiger partial charge in [0.25, 0.3) is 0 Å². The van der Waals surface area contributed by atoms with Gasteiger partial charge in [0.1, 0.15) is 0 Å². The van der Waals surface area contributed by atoms with Crippen molar-refractivity contribution in [3.8, 4) is 0 Å². The van der Waals surface area contributed by atoms with Crippen LogP contribution in [0.25, 0.3) is 0 Å². The lowest BCUT2D eigenvalue weighted by Crippen LogP contribution is -2.00. The molecule has 0 radical (unpaired) electrons. The van der Waals surface area contributed by atoms with Gasteiger partial charge in [0.15, 0.2) is 0 Å². The molecule has 2 aromatic rings. The van der Waals surface area contributed by atoms with Crippen LogP contribution in [-0.2, 0) is 12.8 Å². The molecule has 0 fully saturated rings. The van der Waals surface area contributed by atoms with E-state index in [0.29, 0.717) is 0 Å². The van der Waals surface area contributed by atoms with Crippen molar-refractivity contribution in [2.75, 3.05) is 0 Å². The molecule has 0 bridgehead atoms. The van der Waals surface area contributed by atoms with Gasteiger partial charge in [-0.3, -0.25) is 9.98 Å². The summed E-state index contributed by atoms with van der Waals surface area (Å²) in [6, 6.07) is 17.2. The van der Waals surface area contributed by atoms with E-state index < -0.39 is 0 Å². The van der Waals surface area contributed by atoms with Gasteiger partial charge in [0, 0.05) is 6.21 Å². The molecule has 2 aromatic carbocycles. The molecule has 2 nitrogen and oxygen atoms in total. The molecule has 0 atom stereocenters. The van der Waals surface area contributed by atoms with Crippen molar-refractivity contribution in [3.63, 3.8) is 0 Å². The lowest BCUT2D eigenvalue weighted by Gasteiger charge is -2.08. The smallest absolute Gasteiger partial charge is 0.0665 e. The maximum Gasteiger partial charge on any atom is 0.0665 e. The van der Waals surface area contributed by atoms with Crippen molar-refractivity contribution < 1.29 is 0 Å². The van der Waals surface area contributed by atoms with Crippen LogP contribution < -0.4 is 0 Å². The van der Waals surface area contributed by atoms with Crippen molar-refractivity contribution in [1.82, 2.24) is 0 Å². The fourth-order valence-electron chi connectivity index (χ4n) is 4.42. The molecule has 206 valence electrons. The Balaban J connectivity index is 2.07. The molecule has 0 amide bonds. The summed E-state index contributed by atoms with van der Waals surface area (Å²) in [6.07, 6.45) is 28.9. The van der Waals surface area contributed by atoms with Crippen LogP contribution in [0.5, 0.6) is 0 Å². The van der Waals surface area contributed by atoms with E-state index in [1.54, 1.807) is 0 Å². The van der Waals surface area contributed by atoms with Crippen LogP contribution in [0.4, 0.5) is 11.4 Å². The molecular formula is C36H52N2. The molecule has 0 unspecified atom stereocenters. The second-order valence-electron chi connectivity index (χ2n) is 10.2. The molecule has 0 heterocycles. The van der Waals surface area contributed by atoms with Gasteiger partial charge in [-0.15, -0.1) is 0 Å². The van der Waals surface area contributed by atoms with Crippen LogP contribution >= 0.6 is 0 Å². The summed E-state index contributed by atoms with van der Waals surface area (Å²) in [5.41, 5.74) is 5.92. The molecule has 2 rings (SSSR count). The normalized spacial score (nSPS) is 12.4. The first-order valence-corrected chi connectivity index (χ1v) is 15.4. The molecule has 0 N–H and O–H groups in total. The summed E-state index contributed by atoms with van der Waals surface area (Å²) in [5, 5.41) is 0. The summed E-state index contributed by atoms with van der Waals surface area (Å²) in [5.74, 6) is 0. The number of unbranched alkanes of at least 4 members (excludes halogenated alkanes) is 7. The van der Waals surface area contributed by atoms with Gasteiger partial charge in [-0.25, -0.2) is 0 Å². The maximum atomic E-state index is 5.13. The number of benzene rings is 2. The number of aryl methyl sites for hydroxylation is 2. The fraction of sp³-hybridized carbons (Fsp3) is 0.500. The van der Waals surface area contributed by atoms with Crippen molar-refractivity contribution in [1.29, 1.82) is 0 Å². The van der Waals surface area contributed by atoms with Crippen LogP contribution in [0, 0.1) is 0 Å². The molecule has 38 heavy (non-hydrogen) atoms. The zero-order valence-corrected chi connectivity index (χ0v) is 24.5. The maximum absolute atomic E-state index is 5.13. The number of hydrogen-bond donors (Lipinski definition) is 0. The van der Waals surface area contributed by atoms with E-state index in [-0.39, 0.29) is 0 Å². The van der Waals surface area contributed by atoms with E-state index in [2.05, 4.69) is 93.6 Å². The molecule has 0 aliphatic heterocycles. The quantitative estimate of drug-likeness (QED) is 0.0957. The standard InChI is InChI=1S/C36H52N2/c1-4-7-10-12-14-16-18-24-32-26-20-22-29-35(32)37-31-34(28-9-6-3)38-36-30-23-21-27-33(36)25-19-17-15-13-11-8-5-2/h12-15,20-23,26-27,29-31H,4-11,16-19,24-25,28H2,1-3H3/b14-12+,15-13+,37-31?,38-34?. The monoisotopic (exact) mass is 512 g/mol. The predicted molar refractivity (Wildman–Crippen MR) is 171 cm³/mol. The largest absolute Gasteiger partial charge is 0.255 e. The third kappa shape index (κ3) is 13.7. The highest BCUT2D eigenvalue weighted by atomic mass is 14.8. The Hall–Kier alpha value is -2.74. The summed E-state index contributed by atoms with van der Waals surface area (Å²) in [4.78, 5) is 10.1. The zero-order valence-electron chi connectivity index (χ0n) is 24.5. The van der Waals surface area contributed by atoms with E-state index in [0.717, 1.165) is 74.9 Å². The van der Waals surface area contributed by atoms with Crippen LogP contribution in [0.15, 0.2) is 82.8 Å². The first kappa shape index (κ1) is 31.5. The Labute approximate surface area is 234 Å². The Morgan fingerprint density at radius 1 is 0.579 bits per heavy atom.